The molecular weight excluding hydrogens is 450 g/mol. The van der Waals surface area contributed by atoms with Crippen LogP contribution in [0.3, 0.4) is 0 Å². The molecule has 0 heterocycles. The van der Waals surface area contributed by atoms with Crippen molar-refractivity contribution >= 4 is 12.4 Å². The number of rotatable bonds is 11. The van der Waals surface area contributed by atoms with Gasteiger partial charge in [-0.3, -0.25) is 0 Å². The third kappa shape index (κ3) is 8.28. The van der Waals surface area contributed by atoms with Gasteiger partial charge in [0.05, 0.1) is 0 Å². The largest absolute Gasteiger partial charge is 0.489 e. The van der Waals surface area contributed by atoms with Gasteiger partial charge in [-0.15, -0.1) is 12.4 Å². The van der Waals surface area contributed by atoms with Crippen LogP contribution in [0.15, 0.2) is 109 Å². The van der Waals surface area contributed by atoms with Gasteiger partial charge in [0.15, 0.2) is 0 Å². The minimum Gasteiger partial charge on any atom is -0.489 e. The van der Waals surface area contributed by atoms with Gasteiger partial charge < -0.3 is 10.1 Å². The Hall–Kier alpha value is -3.07. The first kappa shape index (κ1) is 26.5. The third-order valence-electron chi connectivity index (χ3n) is 6.28. The van der Waals surface area contributed by atoms with Crippen LogP contribution in [0.5, 0.6) is 5.75 Å². The molecule has 0 aliphatic heterocycles. The number of ether oxygens (including phenoxy) is 1. The fraction of sp³-hybridized carbons (Fsp3) is 0.250. The maximum Gasteiger partial charge on any atom is 0.119 e. The van der Waals surface area contributed by atoms with E-state index in [-0.39, 0.29) is 12.4 Å². The van der Waals surface area contributed by atoms with Crippen LogP contribution in [0.1, 0.15) is 47.1 Å². The zero-order chi connectivity index (χ0) is 23.6. The van der Waals surface area contributed by atoms with Crippen LogP contribution < -0.4 is 10.1 Å². The Kier molecular flexibility index (Phi) is 10.4. The van der Waals surface area contributed by atoms with E-state index in [0.717, 1.165) is 25.1 Å². The van der Waals surface area contributed by atoms with Crippen molar-refractivity contribution in [3.63, 3.8) is 0 Å². The summed E-state index contributed by atoms with van der Waals surface area (Å²) in [4.78, 5) is 0. The monoisotopic (exact) mass is 485 g/mol. The van der Waals surface area contributed by atoms with Crippen molar-refractivity contribution in [1.82, 2.24) is 5.32 Å². The van der Waals surface area contributed by atoms with Crippen LogP contribution >= 0.6 is 12.4 Å². The summed E-state index contributed by atoms with van der Waals surface area (Å²) in [6, 6.07) is 39.1. The van der Waals surface area contributed by atoms with Crippen LogP contribution in [0.4, 0.5) is 0 Å². The summed E-state index contributed by atoms with van der Waals surface area (Å²) in [6.07, 6.45) is 2.07. The molecule has 0 saturated carbocycles. The zero-order valence-corrected chi connectivity index (χ0v) is 21.5. The lowest BCUT2D eigenvalue weighted by molar-refractivity contribution is 0.306. The number of halogens is 1. The van der Waals surface area contributed by atoms with Gasteiger partial charge in [-0.1, -0.05) is 103 Å². The summed E-state index contributed by atoms with van der Waals surface area (Å²) in [5, 5.41) is 3.74. The van der Waals surface area contributed by atoms with Gasteiger partial charge in [0.2, 0.25) is 0 Å². The van der Waals surface area contributed by atoms with Crippen LogP contribution in [-0.2, 0) is 13.0 Å². The summed E-state index contributed by atoms with van der Waals surface area (Å²) in [5.41, 5.74) is 6.54. The molecule has 4 aromatic carbocycles. The second-order valence-corrected chi connectivity index (χ2v) is 9.14. The average Bonchev–Trinajstić information content (AvgIpc) is 2.87. The molecule has 0 radical (unpaired) electrons. The zero-order valence-electron chi connectivity index (χ0n) is 20.7. The van der Waals surface area contributed by atoms with Crippen molar-refractivity contribution < 1.29 is 4.74 Å². The summed E-state index contributed by atoms with van der Waals surface area (Å²) in [7, 11) is 0. The molecule has 0 amide bonds. The van der Waals surface area contributed by atoms with Crippen LogP contribution in [0.2, 0.25) is 0 Å². The molecule has 4 rings (SSSR count). The molecule has 4 aromatic rings. The Morgan fingerprint density at radius 1 is 0.714 bits per heavy atom. The second kappa shape index (κ2) is 13.7. The van der Waals surface area contributed by atoms with E-state index in [9.17, 15) is 0 Å². The Morgan fingerprint density at radius 3 is 1.94 bits per heavy atom. The minimum absolute atomic E-state index is 0. The summed E-state index contributed by atoms with van der Waals surface area (Å²) < 4.78 is 5.97. The van der Waals surface area contributed by atoms with E-state index in [4.69, 9.17) is 4.74 Å². The van der Waals surface area contributed by atoms with Gasteiger partial charge in [0.1, 0.15) is 12.4 Å². The second-order valence-electron chi connectivity index (χ2n) is 9.14. The van der Waals surface area contributed by atoms with Crippen LogP contribution in [0, 0.1) is 6.92 Å². The molecule has 1 atom stereocenters. The smallest absolute Gasteiger partial charge is 0.119 e. The number of aryl methyl sites for hydroxylation is 1. The Bertz CT molecular complexity index is 1090. The number of nitrogens with one attached hydrogen (secondary N) is 1. The molecule has 1 N–H and O–H groups in total. The first-order chi connectivity index (χ1) is 16.7. The fourth-order valence-electron chi connectivity index (χ4n) is 4.49. The SMILES string of the molecule is Cc1cccc(COc2ccc(CC(C)NCCC(c3ccccc3)c3ccccc3)cc2)c1.Cl. The van der Waals surface area contributed by atoms with E-state index in [2.05, 4.69) is 128 Å². The van der Waals surface area contributed by atoms with E-state index in [1.165, 1.54) is 27.8 Å². The molecule has 0 saturated heterocycles. The molecule has 0 aliphatic carbocycles. The van der Waals surface area contributed by atoms with Crippen molar-refractivity contribution in [2.24, 2.45) is 0 Å². The van der Waals surface area contributed by atoms with Crippen LogP contribution in [0.25, 0.3) is 0 Å². The molecule has 3 heteroatoms. The Balaban J connectivity index is 0.00000342. The number of hydrogen-bond acceptors (Lipinski definition) is 2. The molecule has 2 nitrogen and oxygen atoms in total. The Morgan fingerprint density at radius 2 is 1.34 bits per heavy atom. The Labute approximate surface area is 216 Å². The van der Waals surface area contributed by atoms with Gasteiger partial charge in [-0.2, -0.15) is 0 Å². The van der Waals surface area contributed by atoms with Gasteiger partial charge in [-0.05, 0) is 67.6 Å². The lowest BCUT2D eigenvalue weighted by Gasteiger charge is -2.20. The van der Waals surface area contributed by atoms with Gasteiger partial charge in [0.25, 0.3) is 0 Å². The number of hydrogen-bond donors (Lipinski definition) is 1. The highest BCUT2D eigenvalue weighted by Crippen LogP contribution is 2.27. The van der Waals surface area contributed by atoms with E-state index in [0.29, 0.717) is 18.6 Å². The fourth-order valence-corrected chi connectivity index (χ4v) is 4.49. The third-order valence-corrected chi connectivity index (χ3v) is 6.28. The highest BCUT2D eigenvalue weighted by atomic mass is 35.5. The van der Waals surface area contributed by atoms with Crippen molar-refractivity contribution in [3.8, 4) is 5.75 Å². The first-order valence-corrected chi connectivity index (χ1v) is 12.3. The molecule has 0 aliphatic rings. The lowest BCUT2D eigenvalue weighted by atomic mass is 9.88. The predicted octanol–water partition coefficient (Wildman–Crippen LogP) is 7.74. The van der Waals surface area contributed by atoms with Crippen molar-refractivity contribution in [2.75, 3.05) is 6.54 Å². The summed E-state index contributed by atoms with van der Waals surface area (Å²) >= 11 is 0. The van der Waals surface area contributed by atoms with E-state index >= 15 is 0 Å². The molecule has 0 fully saturated rings. The molecule has 35 heavy (non-hydrogen) atoms. The topological polar surface area (TPSA) is 21.3 Å². The lowest BCUT2D eigenvalue weighted by Crippen LogP contribution is -2.30. The van der Waals surface area contributed by atoms with Crippen molar-refractivity contribution in [1.29, 1.82) is 0 Å². The van der Waals surface area contributed by atoms with E-state index in [1.54, 1.807) is 0 Å². The van der Waals surface area contributed by atoms with Gasteiger partial charge in [-0.25, -0.2) is 0 Å². The molecule has 182 valence electrons. The summed E-state index contributed by atoms with van der Waals surface area (Å²) in [5.74, 6) is 1.33. The molecule has 0 aromatic heterocycles. The highest BCUT2D eigenvalue weighted by Gasteiger charge is 2.14. The van der Waals surface area contributed by atoms with Gasteiger partial charge >= 0.3 is 0 Å². The summed E-state index contributed by atoms with van der Waals surface area (Å²) in [6.45, 7) is 5.95. The highest BCUT2D eigenvalue weighted by molar-refractivity contribution is 5.85. The maximum absolute atomic E-state index is 5.97. The quantitative estimate of drug-likeness (QED) is 0.234. The normalized spacial score (nSPS) is 11.6. The van der Waals surface area contributed by atoms with Crippen LogP contribution in [-0.4, -0.2) is 12.6 Å². The van der Waals surface area contributed by atoms with Gasteiger partial charge in [0, 0.05) is 12.0 Å². The van der Waals surface area contributed by atoms with E-state index in [1.807, 2.05) is 0 Å². The molecule has 0 bridgehead atoms. The molecule has 1 unspecified atom stereocenters. The minimum atomic E-state index is 0. The predicted molar refractivity (Wildman–Crippen MR) is 150 cm³/mol. The van der Waals surface area contributed by atoms with E-state index < -0.39 is 0 Å². The average molecular weight is 486 g/mol. The molecular formula is C32H36ClNO. The standard InChI is InChI=1S/C32H35NO.ClH/c1-25-10-9-11-28(22-25)24-34-31-18-16-27(17-19-31)23-26(2)33-21-20-32(29-12-5-3-6-13-29)30-14-7-4-8-15-30;/h3-19,22,26,32-33H,20-21,23-24H2,1-2H3;1H. The first-order valence-electron chi connectivity index (χ1n) is 12.3. The van der Waals surface area contributed by atoms with Crippen molar-refractivity contribution in [2.45, 2.75) is 45.3 Å². The van der Waals surface area contributed by atoms with Crippen molar-refractivity contribution in [3.05, 3.63) is 137 Å². The molecule has 0 spiro atoms. The number of benzene rings is 4. The maximum atomic E-state index is 5.97.